The number of carbonyl (C=O) groups is 2. The van der Waals surface area contributed by atoms with E-state index in [0.29, 0.717) is 16.1 Å². The summed E-state index contributed by atoms with van der Waals surface area (Å²) < 4.78 is 58.7. The van der Waals surface area contributed by atoms with E-state index in [-0.39, 0.29) is 23.4 Å². The zero-order chi connectivity index (χ0) is 33.9. The van der Waals surface area contributed by atoms with Crippen molar-refractivity contribution in [3.8, 4) is 5.75 Å². The molecule has 0 aliphatic carbocycles. The number of sulfone groups is 2. The highest BCUT2D eigenvalue weighted by Crippen LogP contribution is 2.43. The largest absolute Gasteiger partial charge is 0.508 e. The fraction of sp³-hybridized carbons (Fsp3) is 0.250. The van der Waals surface area contributed by atoms with Crippen LogP contribution >= 0.6 is 34.3 Å². The van der Waals surface area contributed by atoms with Crippen molar-refractivity contribution in [2.24, 2.45) is 0 Å². The number of benzene rings is 2. The summed E-state index contributed by atoms with van der Waals surface area (Å²) in [5.74, 6) is -2.88. The molecular formula is C32H30ClNO9S4. The van der Waals surface area contributed by atoms with Crippen LogP contribution in [0.3, 0.4) is 0 Å². The van der Waals surface area contributed by atoms with Gasteiger partial charge in [-0.05, 0) is 46.8 Å². The molecule has 0 bridgehead atoms. The second-order valence-corrected chi connectivity index (χ2v) is 17.9. The Balaban J connectivity index is 1.70. The summed E-state index contributed by atoms with van der Waals surface area (Å²) in [6.45, 7) is -0.772. The Kier molecular flexibility index (Phi) is 10.5. The van der Waals surface area contributed by atoms with Gasteiger partial charge in [0.2, 0.25) is 0 Å². The Bertz CT molecular complexity index is 2100. The van der Waals surface area contributed by atoms with Crippen molar-refractivity contribution in [1.29, 1.82) is 0 Å². The maximum absolute atomic E-state index is 13.7. The van der Waals surface area contributed by atoms with Crippen LogP contribution in [0.5, 0.6) is 5.75 Å². The molecule has 15 heteroatoms. The molecule has 2 aromatic carbocycles. The molecule has 0 saturated heterocycles. The minimum Gasteiger partial charge on any atom is -0.508 e. The van der Waals surface area contributed by atoms with E-state index in [1.807, 2.05) is 46.7 Å². The fourth-order valence-corrected chi connectivity index (χ4v) is 8.08. The van der Waals surface area contributed by atoms with Crippen LogP contribution in [0.1, 0.15) is 26.9 Å². The summed E-state index contributed by atoms with van der Waals surface area (Å²) in [6.07, 6.45) is 4.88. The topological polar surface area (TPSA) is 144 Å². The number of halogens is 1. The van der Waals surface area contributed by atoms with E-state index in [1.54, 1.807) is 12.1 Å². The van der Waals surface area contributed by atoms with E-state index < -0.39 is 62.4 Å². The fourth-order valence-electron chi connectivity index (χ4n) is 4.94. The highest BCUT2D eigenvalue weighted by atomic mass is 35.5. The summed E-state index contributed by atoms with van der Waals surface area (Å²) in [5.41, 5.74) is 0.595. The molecule has 10 nitrogen and oxygen atoms in total. The van der Waals surface area contributed by atoms with Crippen molar-refractivity contribution in [1.82, 2.24) is 4.90 Å². The Morgan fingerprint density at radius 1 is 0.915 bits per heavy atom. The Morgan fingerprint density at radius 2 is 1.57 bits per heavy atom. The van der Waals surface area contributed by atoms with E-state index >= 15 is 0 Å². The van der Waals surface area contributed by atoms with Gasteiger partial charge in [0.15, 0.2) is 19.7 Å². The predicted molar refractivity (Wildman–Crippen MR) is 184 cm³/mol. The van der Waals surface area contributed by atoms with Crippen molar-refractivity contribution >= 4 is 82.0 Å². The zero-order valence-corrected chi connectivity index (χ0v) is 29.2. The van der Waals surface area contributed by atoms with Crippen LogP contribution in [-0.2, 0) is 45.3 Å². The molecule has 0 amide bonds. The molecular weight excluding hydrogens is 706 g/mol. The Labute approximate surface area is 285 Å². The monoisotopic (exact) mass is 735 g/mol. The number of hydrogen-bond donors (Lipinski definition) is 1. The molecule has 2 aromatic heterocycles. The number of phenols is 1. The van der Waals surface area contributed by atoms with Gasteiger partial charge in [-0.2, -0.15) is 0 Å². The lowest BCUT2D eigenvalue weighted by Gasteiger charge is -2.33. The van der Waals surface area contributed by atoms with Crippen LogP contribution in [0, 0.1) is 0 Å². The molecule has 248 valence electrons. The maximum Gasteiger partial charge on any atom is 0.340 e. The first-order valence-electron chi connectivity index (χ1n) is 14.1. The molecule has 1 aliphatic rings. The number of nitrogens with zero attached hydrogens (tertiary/aromatic N) is 1. The van der Waals surface area contributed by atoms with Crippen LogP contribution in [0.4, 0.5) is 0 Å². The van der Waals surface area contributed by atoms with Gasteiger partial charge >= 0.3 is 11.9 Å². The summed E-state index contributed by atoms with van der Waals surface area (Å²) in [5, 5.41) is 13.9. The minimum absolute atomic E-state index is 0.0270. The second-order valence-electron chi connectivity index (χ2n) is 10.9. The van der Waals surface area contributed by atoms with Gasteiger partial charge in [0, 0.05) is 38.6 Å². The highest BCUT2D eigenvalue weighted by Gasteiger charge is 2.33. The molecule has 4 aromatic rings. The molecule has 1 unspecified atom stereocenters. The molecule has 1 atom stereocenters. The maximum atomic E-state index is 13.7. The van der Waals surface area contributed by atoms with Crippen molar-refractivity contribution in [2.75, 3.05) is 37.2 Å². The van der Waals surface area contributed by atoms with Crippen LogP contribution < -0.4 is 0 Å². The van der Waals surface area contributed by atoms with E-state index in [2.05, 4.69) is 0 Å². The van der Waals surface area contributed by atoms with Gasteiger partial charge in [-0.25, -0.2) is 26.4 Å². The van der Waals surface area contributed by atoms with Gasteiger partial charge < -0.3 is 19.5 Å². The molecule has 5 rings (SSSR count). The first-order chi connectivity index (χ1) is 22.2. The predicted octanol–water partition coefficient (Wildman–Crippen LogP) is 5.37. The number of phenolic OH excluding ortho intramolecular Hbond substituents is 1. The summed E-state index contributed by atoms with van der Waals surface area (Å²) >= 11 is 9.79. The van der Waals surface area contributed by atoms with Crippen LogP contribution in [0.2, 0.25) is 5.02 Å². The lowest BCUT2D eigenvalue weighted by Crippen LogP contribution is -2.29. The van der Waals surface area contributed by atoms with E-state index in [1.165, 1.54) is 41.0 Å². The van der Waals surface area contributed by atoms with E-state index in [9.17, 15) is 31.5 Å². The number of hydrogen-bond acceptors (Lipinski definition) is 12. The highest BCUT2D eigenvalue weighted by molar-refractivity contribution is 7.90. The van der Waals surface area contributed by atoms with Crippen molar-refractivity contribution in [3.05, 3.63) is 103 Å². The molecule has 1 N–H and O–H groups in total. The number of ether oxygens (including phenoxy) is 2. The molecule has 0 fully saturated rings. The van der Waals surface area contributed by atoms with Crippen molar-refractivity contribution in [2.45, 2.75) is 12.6 Å². The van der Waals surface area contributed by atoms with Gasteiger partial charge in [-0.3, -0.25) is 0 Å². The minimum atomic E-state index is -3.48. The normalized spacial score (nSPS) is 15.3. The van der Waals surface area contributed by atoms with Crippen LogP contribution in [-0.4, -0.2) is 76.0 Å². The zero-order valence-electron chi connectivity index (χ0n) is 25.2. The first-order valence-corrected chi connectivity index (χ1v) is 20.3. The first kappa shape index (κ1) is 34.6. The molecule has 0 spiro atoms. The summed E-state index contributed by atoms with van der Waals surface area (Å²) in [6, 6.07) is 15.4. The average molecular weight is 736 g/mol. The Morgan fingerprint density at radius 3 is 2.19 bits per heavy atom. The van der Waals surface area contributed by atoms with Gasteiger partial charge in [-0.15, -0.1) is 22.7 Å². The lowest BCUT2D eigenvalue weighted by atomic mass is 9.92. The summed E-state index contributed by atoms with van der Waals surface area (Å²) in [4.78, 5) is 30.8. The van der Waals surface area contributed by atoms with E-state index in [0.717, 1.165) is 32.4 Å². The van der Waals surface area contributed by atoms with Gasteiger partial charge in [0.05, 0.1) is 40.3 Å². The van der Waals surface area contributed by atoms with E-state index in [4.69, 9.17) is 21.1 Å². The van der Waals surface area contributed by atoms with Crippen molar-refractivity contribution in [3.63, 3.8) is 0 Å². The van der Waals surface area contributed by atoms with Crippen LogP contribution in [0.25, 0.3) is 16.2 Å². The molecule has 47 heavy (non-hydrogen) atoms. The number of fused-ring (bicyclic) bond motifs is 2. The molecule has 1 aliphatic heterocycles. The van der Waals surface area contributed by atoms with Gasteiger partial charge in [0.25, 0.3) is 0 Å². The standard InChI is InChI=1S/C32H30ClNO9S4/c1-46(38,39)14-11-42-31(36)24-16-20-9-10-21(35)17-23(20)30(27-8-5-13-44-27)34(18-25(24)32(37)43-12-15-47(2,40)41)19-28-29(33)22-6-3-4-7-26(22)45-28/h3-10,13,16-18,30,35H,11-12,14-15,19H2,1-2H3. The molecule has 3 heterocycles. The number of carbonyl (C=O) groups excluding carboxylic acids is 2. The number of esters is 2. The molecule has 0 saturated carbocycles. The number of thiophene rings is 2. The third-order valence-electron chi connectivity index (χ3n) is 7.14. The third kappa shape index (κ3) is 8.62. The average Bonchev–Trinajstić information content (AvgIpc) is 3.62. The lowest BCUT2D eigenvalue weighted by molar-refractivity contribution is -0.142. The van der Waals surface area contributed by atoms with Gasteiger partial charge in [0.1, 0.15) is 19.0 Å². The SMILES string of the molecule is CS(=O)(=O)CCOC(=O)C1=Cc2ccc(O)cc2C(c2cccs2)N(Cc2sc3ccccc3c2Cl)C=C1C(=O)OCCS(C)(=O)=O. The molecule has 0 radical (unpaired) electrons. The summed E-state index contributed by atoms with van der Waals surface area (Å²) in [7, 11) is -6.95. The quantitative estimate of drug-likeness (QED) is 0.200. The number of aromatic hydroxyl groups is 1. The smallest absolute Gasteiger partial charge is 0.340 e. The Hall–Kier alpha value is -3.69. The second kappa shape index (κ2) is 14.2. The van der Waals surface area contributed by atoms with Gasteiger partial charge in [-0.1, -0.05) is 41.9 Å². The number of rotatable bonds is 11. The van der Waals surface area contributed by atoms with Crippen molar-refractivity contribution < 1.29 is 41.0 Å². The third-order valence-corrected chi connectivity index (χ3v) is 11.6. The van der Waals surface area contributed by atoms with Crippen LogP contribution in [0.15, 0.2) is 77.3 Å².